The third-order valence-corrected chi connectivity index (χ3v) is 5.55. The number of hydrogen-bond acceptors (Lipinski definition) is 5. The van der Waals surface area contributed by atoms with Gasteiger partial charge < -0.3 is 15.5 Å². The molecular weight excluding hydrogens is 346 g/mol. The fourth-order valence-corrected chi connectivity index (χ4v) is 4.23. The van der Waals surface area contributed by atoms with Crippen LogP contribution < -0.4 is 15.8 Å². The molecule has 2 rings (SSSR count). The maximum atomic E-state index is 12.3. The van der Waals surface area contributed by atoms with E-state index in [1.54, 1.807) is 20.8 Å². The van der Waals surface area contributed by atoms with Gasteiger partial charge in [0.15, 0.2) is 5.76 Å². The molecule has 1 aliphatic carbocycles. The molecule has 25 heavy (non-hydrogen) atoms. The molecule has 8 nitrogen and oxygen atoms in total. The number of furan rings is 1. The lowest BCUT2D eigenvalue weighted by molar-refractivity contribution is -0.122. The van der Waals surface area contributed by atoms with Gasteiger partial charge in [-0.25, -0.2) is 13.1 Å². The lowest BCUT2D eigenvalue weighted by Crippen LogP contribution is -2.41. The molecule has 1 saturated carbocycles. The van der Waals surface area contributed by atoms with Crippen molar-refractivity contribution in [3.8, 4) is 0 Å². The zero-order chi connectivity index (χ0) is 18.8. The molecule has 2 atom stereocenters. The van der Waals surface area contributed by atoms with Crippen LogP contribution in [0.5, 0.6) is 0 Å². The van der Waals surface area contributed by atoms with E-state index in [4.69, 9.17) is 10.2 Å². The predicted octanol–water partition coefficient (Wildman–Crippen LogP) is 1.13. The maximum absolute atomic E-state index is 12.3. The zero-order valence-electron chi connectivity index (χ0n) is 14.7. The van der Waals surface area contributed by atoms with Crippen LogP contribution in [-0.2, 0) is 14.8 Å². The molecule has 1 aliphatic rings. The van der Waals surface area contributed by atoms with Crippen LogP contribution in [0.2, 0.25) is 0 Å². The number of amides is 2. The highest BCUT2D eigenvalue weighted by Gasteiger charge is 2.29. The minimum atomic E-state index is -3.84. The van der Waals surface area contributed by atoms with Crippen molar-refractivity contribution in [2.45, 2.75) is 63.1 Å². The number of sulfonamides is 1. The number of primary amides is 1. The molecule has 0 aromatic carbocycles. The van der Waals surface area contributed by atoms with Crippen molar-refractivity contribution in [1.82, 2.24) is 10.0 Å². The highest BCUT2D eigenvalue weighted by atomic mass is 32.2. The number of hydrogen-bond donors (Lipinski definition) is 3. The van der Waals surface area contributed by atoms with Gasteiger partial charge in [0.1, 0.15) is 0 Å². The molecular formula is C16H25N3O5S. The lowest BCUT2D eigenvalue weighted by atomic mass is 9.85. The number of nitrogens with one attached hydrogen (secondary N) is 2. The van der Waals surface area contributed by atoms with Crippen molar-refractivity contribution in [3.05, 3.63) is 17.9 Å². The second-order valence-corrected chi connectivity index (χ2v) is 9.02. The molecule has 0 spiro atoms. The van der Waals surface area contributed by atoms with Gasteiger partial charge in [0, 0.05) is 17.5 Å². The van der Waals surface area contributed by atoms with E-state index in [1.807, 2.05) is 0 Å². The summed E-state index contributed by atoms with van der Waals surface area (Å²) in [5.41, 5.74) is 4.66. The Bertz CT molecular complexity index is 748. The largest absolute Gasteiger partial charge is 0.438 e. The first kappa shape index (κ1) is 19.5. The van der Waals surface area contributed by atoms with Crippen molar-refractivity contribution >= 4 is 21.8 Å². The number of carbonyl (C=O) groups excluding carboxylic acids is 2. The molecule has 4 N–H and O–H groups in total. The van der Waals surface area contributed by atoms with E-state index in [9.17, 15) is 18.0 Å². The molecule has 9 heteroatoms. The van der Waals surface area contributed by atoms with E-state index < -0.39 is 21.5 Å². The molecule has 0 aliphatic heterocycles. The van der Waals surface area contributed by atoms with Gasteiger partial charge >= 0.3 is 0 Å². The molecule has 140 valence electrons. The first-order valence-corrected chi connectivity index (χ1v) is 9.70. The molecule has 2 amide bonds. The second-order valence-electron chi connectivity index (χ2n) is 7.41. The SMILES string of the molecule is CC(C)(C)NS(=O)(=O)c1ccc(C(=O)N[C@@H]2CCC[C@H](C(N)=O)C2)o1. The van der Waals surface area contributed by atoms with Gasteiger partial charge in [-0.2, -0.15) is 0 Å². The Labute approximate surface area is 147 Å². The van der Waals surface area contributed by atoms with Gasteiger partial charge in [-0.3, -0.25) is 9.59 Å². The molecule has 0 radical (unpaired) electrons. The third-order valence-electron chi connectivity index (χ3n) is 3.92. The molecule has 1 fully saturated rings. The number of nitrogens with two attached hydrogens (primary N) is 1. The summed E-state index contributed by atoms with van der Waals surface area (Å²) in [6.45, 7) is 5.12. The predicted molar refractivity (Wildman–Crippen MR) is 91.2 cm³/mol. The third kappa shape index (κ3) is 5.30. The molecule has 0 unspecified atom stereocenters. The Morgan fingerprint density at radius 3 is 2.52 bits per heavy atom. The van der Waals surface area contributed by atoms with Crippen LogP contribution in [-0.4, -0.2) is 31.8 Å². The average molecular weight is 371 g/mol. The van der Waals surface area contributed by atoms with Crippen LogP contribution in [0, 0.1) is 5.92 Å². The van der Waals surface area contributed by atoms with E-state index in [1.165, 1.54) is 12.1 Å². The summed E-state index contributed by atoms with van der Waals surface area (Å²) in [5.74, 6) is -1.20. The van der Waals surface area contributed by atoms with E-state index in [0.717, 1.165) is 19.3 Å². The van der Waals surface area contributed by atoms with E-state index in [0.29, 0.717) is 6.42 Å². The van der Waals surface area contributed by atoms with Gasteiger partial charge in [0.05, 0.1) is 0 Å². The highest BCUT2D eigenvalue weighted by Crippen LogP contribution is 2.24. The number of carbonyl (C=O) groups is 2. The molecule has 1 aromatic heterocycles. The summed E-state index contributed by atoms with van der Waals surface area (Å²) >= 11 is 0. The Balaban J connectivity index is 2.04. The Morgan fingerprint density at radius 1 is 1.24 bits per heavy atom. The van der Waals surface area contributed by atoms with Crippen LogP contribution in [0.15, 0.2) is 21.6 Å². The smallest absolute Gasteiger partial charge is 0.287 e. The summed E-state index contributed by atoms with van der Waals surface area (Å²) in [5, 5.41) is 2.46. The monoisotopic (exact) mass is 371 g/mol. The quantitative estimate of drug-likeness (QED) is 0.714. The van der Waals surface area contributed by atoms with E-state index in [2.05, 4.69) is 10.0 Å². The Kier molecular flexibility index (Phi) is 5.58. The Morgan fingerprint density at radius 2 is 1.92 bits per heavy atom. The minimum absolute atomic E-state index is 0.0875. The van der Waals surface area contributed by atoms with Gasteiger partial charge in [0.25, 0.3) is 15.9 Å². The summed E-state index contributed by atoms with van der Waals surface area (Å²) in [6, 6.07) is 2.38. The molecule has 1 aromatic rings. The van der Waals surface area contributed by atoms with Gasteiger partial charge in [0.2, 0.25) is 11.0 Å². The van der Waals surface area contributed by atoms with Crippen LogP contribution >= 0.6 is 0 Å². The summed E-state index contributed by atoms with van der Waals surface area (Å²) in [6.07, 6.45) is 2.75. The van der Waals surface area contributed by atoms with E-state index in [-0.39, 0.29) is 28.7 Å². The molecule has 1 heterocycles. The number of rotatable bonds is 5. The van der Waals surface area contributed by atoms with Gasteiger partial charge in [-0.1, -0.05) is 6.42 Å². The summed E-state index contributed by atoms with van der Waals surface area (Å²) in [4.78, 5) is 23.6. The van der Waals surface area contributed by atoms with Crippen LogP contribution in [0.1, 0.15) is 57.0 Å². The normalized spacial score (nSPS) is 21.7. The Hall–Kier alpha value is -1.87. The highest BCUT2D eigenvalue weighted by molar-refractivity contribution is 7.89. The molecule has 0 bridgehead atoms. The standard InChI is InChI=1S/C16H25N3O5S/c1-16(2,3)19-25(22,23)13-8-7-12(24-13)15(21)18-11-6-4-5-10(9-11)14(17)20/h7-8,10-11,19H,4-6,9H2,1-3H3,(H2,17,20)(H,18,21)/t10-,11+/m0/s1. The summed E-state index contributed by atoms with van der Waals surface area (Å²) < 4.78 is 32.1. The van der Waals surface area contributed by atoms with Crippen LogP contribution in [0.25, 0.3) is 0 Å². The molecule has 0 saturated heterocycles. The van der Waals surface area contributed by atoms with Gasteiger partial charge in [-0.05, 0) is 52.2 Å². The fourth-order valence-electron chi connectivity index (χ4n) is 2.88. The van der Waals surface area contributed by atoms with Crippen molar-refractivity contribution in [2.24, 2.45) is 11.7 Å². The maximum Gasteiger partial charge on any atom is 0.287 e. The minimum Gasteiger partial charge on any atom is -0.438 e. The van der Waals surface area contributed by atoms with Gasteiger partial charge in [-0.15, -0.1) is 0 Å². The van der Waals surface area contributed by atoms with Crippen molar-refractivity contribution in [2.75, 3.05) is 0 Å². The van der Waals surface area contributed by atoms with Crippen molar-refractivity contribution < 1.29 is 22.4 Å². The van der Waals surface area contributed by atoms with E-state index >= 15 is 0 Å². The summed E-state index contributed by atoms with van der Waals surface area (Å²) in [7, 11) is -3.84. The first-order chi connectivity index (χ1) is 11.5. The van der Waals surface area contributed by atoms with Crippen LogP contribution in [0.3, 0.4) is 0 Å². The van der Waals surface area contributed by atoms with Crippen LogP contribution in [0.4, 0.5) is 0 Å². The first-order valence-electron chi connectivity index (χ1n) is 8.22. The van der Waals surface area contributed by atoms with Crippen molar-refractivity contribution in [1.29, 1.82) is 0 Å². The lowest BCUT2D eigenvalue weighted by Gasteiger charge is -2.27. The zero-order valence-corrected chi connectivity index (χ0v) is 15.5. The van der Waals surface area contributed by atoms with Crippen molar-refractivity contribution in [3.63, 3.8) is 0 Å². The topological polar surface area (TPSA) is 132 Å². The average Bonchev–Trinajstić information content (AvgIpc) is 2.95. The second kappa shape index (κ2) is 7.17. The fraction of sp³-hybridized carbons (Fsp3) is 0.625.